The Morgan fingerprint density at radius 1 is 1.09 bits per heavy atom. The summed E-state index contributed by atoms with van der Waals surface area (Å²) in [6.07, 6.45) is 3.37. The maximum absolute atomic E-state index is 13.2. The third-order valence-corrected chi connectivity index (χ3v) is 6.03. The molecule has 0 unspecified atom stereocenters. The standard InChI is InChI=1S/C22H25N9O2/c1-14(2)31-13-25-27-21(31)17-4-3-5-19(26-17)30-9-8-29(22(30)33)16-6-7-18(24-10-16)28-11-15(12-28)20(23)32/h3-7,10,13-15H,8-9,11-12H2,1-2H3,(H2,23,32). The highest BCUT2D eigenvalue weighted by Crippen LogP contribution is 2.28. The lowest BCUT2D eigenvalue weighted by atomic mass is 10.00. The molecule has 0 radical (unpaired) electrons. The first kappa shape index (κ1) is 20.9. The van der Waals surface area contributed by atoms with E-state index in [9.17, 15) is 9.59 Å². The Morgan fingerprint density at radius 3 is 2.58 bits per heavy atom. The van der Waals surface area contributed by atoms with E-state index in [1.54, 1.807) is 22.3 Å². The number of aromatic nitrogens is 5. The first-order valence-corrected chi connectivity index (χ1v) is 10.9. The van der Waals surface area contributed by atoms with Crippen LogP contribution in [-0.2, 0) is 4.79 Å². The smallest absolute Gasteiger partial charge is 0.330 e. The summed E-state index contributed by atoms with van der Waals surface area (Å²) in [7, 11) is 0. The third kappa shape index (κ3) is 3.75. The van der Waals surface area contributed by atoms with Crippen LogP contribution in [0.25, 0.3) is 11.5 Å². The predicted molar refractivity (Wildman–Crippen MR) is 123 cm³/mol. The molecule has 0 aliphatic carbocycles. The topological polar surface area (TPSA) is 126 Å². The number of carbonyl (C=O) groups is 2. The van der Waals surface area contributed by atoms with Crippen LogP contribution in [0.4, 0.5) is 22.1 Å². The van der Waals surface area contributed by atoms with E-state index in [2.05, 4.69) is 29.0 Å². The van der Waals surface area contributed by atoms with Crippen LogP contribution in [0.1, 0.15) is 19.9 Å². The maximum Gasteiger partial charge on any atom is 0.330 e. The van der Waals surface area contributed by atoms with Crippen LogP contribution in [0, 0.1) is 5.92 Å². The van der Waals surface area contributed by atoms with Crippen molar-refractivity contribution in [2.24, 2.45) is 11.7 Å². The molecule has 2 aliphatic heterocycles. The van der Waals surface area contributed by atoms with Crippen LogP contribution in [-0.4, -0.2) is 62.8 Å². The second-order valence-corrected chi connectivity index (χ2v) is 8.50. The monoisotopic (exact) mass is 447 g/mol. The van der Waals surface area contributed by atoms with E-state index in [-0.39, 0.29) is 23.9 Å². The van der Waals surface area contributed by atoms with Crippen molar-refractivity contribution in [3.05, 3.63) is 42.9 Å². The van der Waals surface area contributed by atoms with Crippen LogP contribution in [0.2, 0.25) is 0 Å². The summed E-state index contributed by atoms with van der Waals surface area (Å²) in [5.41, 5.74) is 6.71. The highest BCUT2D eigenvalue weighted by molar-refractivity contribution is 6.05. The average Bonchev–Trinajstić information content (AvgIpc) is 3.40. The van der Waals surface area contributed by atoms with Crippen molar-refractivity contribution >= 4 is 29.3 Å². The van der Waals surface area contributed by atoms with Gasteiger partial charge in [0.25, 0.3) is 0 Å². The fourth-order valence-corrected chi connectivity index (χ4v) is 4.06. The fraction of sp³-hybridized carbons (Fsp3) is 0.364. The SMILES string of the molecule is CC(C)n1cnnc1-c1cccc(N2CCN(c3ccc(N4CC(C(N)=O)C4)nc3)C2=O)n1. The van der Waals surface area contributed by atoms with Gasteiger partial charge in [-0.1, -0.05) is 6.07 Å². The van der Waals surface area contributed by atoms with Crippen molar-refractivity contribution in [1.29, 1.82) is 0 Å². The Hall–Kier alpha value is -4.02. The molecular formula is C22H25N9O2. The molecule has 0 saturated carbocycles. The predicted octanol–water partition coefficient (Wildman–Crippen LogP) is 1.68. The van der Waals surface area contributed by atoms with Crippen LogP contribution in [0.3, 0.4) is 0 Å². The molecule has 0 atom stereocenters. The summed E-state index contributed by atoms with van der Waals surface area (Å²) in [5, 5.41) is 8.21. The Balaban J connectivity index is 1.31. The Morgan fingerprint density at radius 2 is 1.88 bits per heavy atom. The van der Waals surface area contributed by atoms with E-state index in [0.29, 0.717) is 49.2 Å². The lowest BCUT2D eigenvalue weighted by molar-refractivity contribution is -0.122. The van der Waals surface area contributed by atoms with Crippen molar-refractivity contribution < 1.29 is 9.59 Å². The summed E-state index contributed by atoms with van der Waals surface area (Å²) in [6.45, 7) is 6.29. The molecule has 11 heteroatoms. The number of carbonyl (C=O) groups excluding carboxylic acids is 2. The minimum absolute atomic E-state index is 0.127. The molecule has 2 saturated heterocycles. The summed E-state index contributed by atoms with van der Waals surface area (Å²) in [4.78, 5) is 38.9. The molecule has 3 aromatic rings. The number of pyridine rings is 2. The maximum atomic E-state index is 13.2. The molecule has 170 valence electrons. The van der Waals surface area contributed by atoms with Gasteiger partial charge in [-0.2, -0.15) is 0 Å². The lowest BCUT2D eigenvalue weighted by Crippen LogP contribution is -2.52. The van der Waals surface area contributed by atoms with Crippen LogP contribution in [0.5, 0.6) is 0 Å². The number of nitrogens with two attached hydrogens (primary N) is 1. The van der Waals surface area contributed by atoms with Crippen molar-refractivity contribution in [1.82, 2.24) is 24.7 Å². The number of nitrogens with zero attached hydrogens (tertiary/aromatic N) is 8. The van der Waals surface area contributed by atoms with Crippen LogP contribution < -0.4 is 20.4 Å². The van der Waals surface area contributed by atoms with Gasteiger partial charge in [-0.15, -0.1) is 10.2 Å². The molecule has 0 bridgehead atoms. The van der Waals surface area contributed by atoms with Gasteiger partial charge in [0.05, 0.1) is 17.8 Å². The first-order chi connectivity index (χ1) is 15.9. The third-order valence-electron chi connectivity index (χ3n) is 6.03. The van der Waals surface area contributed by atoms with E-state index >= 15 is 0 Å². The van der Waals surface area contributed by atoms with E-state index in [4.69, 9.17) is 10.7 Å². The second kappa shape index (κ2) is 8.15. The average molecular weight is 448 g/mol. The van der Waals surface area contributed by atoms with E-state index in [1.165, 1.54) is 0 Å². The molecule has 0 aromatic carbocycles. The van der Waals surface area contributed by atoms with Gasteiger partial charge in [0.15, 0.2) is 5.82 Å². The Labute approximate surface area is 190 Å². The van der Waals surface area contributed by atoms with Gasteiger partial charge in [0.2, 0.25) is 5.91 Å². The van der Waals surface area contributed by atoms with Gasteiger partial charge in [0.1, 0.15) is 23.7 Å². The molecule has 3 amide bonds. The normalized spacial score (nSPS) is 16.6. The van der Waals surface area contributed by atoms with Crippen molar-refractivity contribution in [3.8, 4) is 11.5 Å². The quantitative estimate of drug-likeness (QED) is 0.609. The number of hydrogen-bond donors (Lipinski definition) is 1. The Bertz CT molecular complexity index is 1180. The number of primary amides is 1. The largest absolute Gasteiger partial charge is 0.369 e. The number of hydrogen-bond acceptors (Lipinski definition) is 7. The minimum Gasteiger partial charge on any atom is -0.369 e. The molecule has 0 spiro atoms. The second-order valence-electron chi connectivity index (χ2n) is 8.50. The van der Waals surface area contributed by atoms with Crippen molar-refractivity contribution in [3.63, 3.8) is 0 Å². The number of amides is 3. The van der Waals surface area contributed by atoms with Crippen molar-refractivity contribution in [2.45, 2.75) is 19.9 Å². The molecular weight excluding hydrogens is 422 g/mol. The highest BCUT2D eigenvalue weighted by atomic mass is 16.2. The number of anilines is 3. The van der Waals surface area contributed by atoms with Gasteiger partial charge in [-0.25, -0.2) is 14.8 Å². The summed E-state index contributed by atoms with van der Waals surface area (Å²) in [6, 6.07) is 9.33. The van der Waals surface area contributed by atoms with Crippen LogP contribution >= 0.6 is 0 Å². The zero-order valence-corrected chi connectivity index (χ0v) is 18.5. The van der Waals surface area contributed by atoms with E-state index in [0.717, 1.165) is 5.82 Å². The molecule has 11 nitrogen and oxygen atoms in total. The minimum atomic E-state index is -0.284. The summed E-state index contributed by atoms with van der Waals surface area (Å²) < 4.78 is 1.95. The summed E-state index contributed by atoms with van der Waals surface area (Å²) >= 11 is 0. The lowest BCUT2D eigenvalue weighted by Gasteiger charge is -2.38. The van der Waals surface area contributed by atoms with Gasteiger partial charge < -0.3 is 15.2 Å². The van der Waals surface area contributed by atoms with Gasteiger partial charge in [-0.05, 0) is 38.1 Å². The molecule has 2 aliphatic rings. The molecule has 2 fully saturated rings. The zero-order valence-electron chi connectivity index (χ0n) is 18.5. The molecule has 33 heavy (non-hydrogen) atoms. The van der Waals surface area contributed by atoms with E-state index < -0.39 is 0 Å². The molecule has 5 heterocycles. The van der Waals surface area contributed by atoms with Gasteiger partial charge >= 0.3 is 6.03 Å². The van der Waals surface area contributed by atoms with Crippen LogP contribution in [0.15, 0.2) is 42.9 Å². The molecule has 5 rings (SSSR count). The first-order valence-electron chi connectivity index (χ1n) is 10.9. The zero-order chi connectivity index (χ0) is 23.1. The van der Waals surface area contributed by atoms with Gasteiger partial charge in [0, 0.05) is 32.2 Å². The highest BCUT2D eigenvalue weighted by Gasteiger charge is 2.34. The summed E-state index contributed by atoms with van der Waals surface area (Å²) in [5.74, 6) is 1.59. The number of urea groups is 1. The van der Waals surface area contributed by atoms with Crippen molar-refractivity contribution in [2.75, 3.05) is 40.9 Å². The molecule has 3 aromatic heterocycles. The Kier molecular flexibility index (Phi) is 5.15. The van der Waals surface area contributed by atoms with E-state index in [1.807, 2.05) is 39.8 Å². The molecule has 2 N–H and O–H groups in total. The number of rotatable bonds is 6. The fourth-order valence-electron chi connectivity index (χ4n) is 4.06. The van der Waals surface area contributed by atoms with Gasteiger partial charge in [-0.3, -0.25) is 14.6 Å².